The molecule has 6 heteroatoms. The van der Waals surface area contributed by atoms with Crippen LogP contribution >= 0.6 is 0 Å². The number of hydrogen-bond acceptors (Lipinski definition) is 4. The molecule has 0 saturated carbocycles. The van der Waals surface area contributed by atoms with Gasteiger partial charge in [-0.3, -0.25) is 9.69 Å². The maximum atomic E-state index is 12.3. The van der Waals surface area contributed by atoms with Crippen molar-refractivity contribution in [3.8, 4) is 0 Å². The van der Waals surface area contributed by atoms with Crippen LogP contribution in [0.3, 0.4) is 0 Å². The molecule has 1 aliphatic heterocycles. The molecule has 1 aliphatic rings. The van der Waals surface area contributed by atoms with Crippen LogP contribution in [-0.2, 0) is 11.3 Å². The van der Waals surface area contributed by atoms with Crippen LogP contribution in [0, 0.1) is 6.92 Å². The molecule has 2 aromatic rings. The quantitative estimate of drug-likeness (QED) is 0.872. The zero-order valence-corrected chi connectivity index (χ0v) is 15.1. The SMILES string of the molecule is Cc1cccc(N2CCN(CCC(=O)N(C)Cc3ncc[nH]3)CC2)c1. The summed E-state index contributed by atoms with van der Waals surface area (Å²) in [4.78, 5) is 26.0. The fraction of sp³-hybridized carbons (Fsp3) is 0.474. The minimum Gasteiger partial charge on any atom is -0.369 e. The van der Waals surface area contributed by atoms with E-state index in [1.807, 2.05) is 7.05 Å². The fourth-order valence-corrected chi connectivity index (χ4v) is 3.20. The third kappa shape index (κ3) is 4.82. The highest BCUT2D eigenvalue weighted by Crippen LogP contribution is 2.17. The minimum absolute atomic E-state index is 0.164. The predicted molar refractivity (Wildman–Crippen MR) is 99.5 cm³/mol. The average Bonchev–Trinajstić information content (AvgIpc) is 3.13. The summed E-state index contributed by atoms with van der Waals surface area (Å²) >= 11 is 0. The number of benzene rings is 1. The molecule has 3 rings (SSSR count). The first-order valence-corrected chi connectivity index (χ1v) is 8.88. The summed E-state index contributed by atoms with van der Waals surface area (Å²) in [5.41, 5.74) is 2.60. The van der Waals surface area contributed by atoms with Crippen molar-refractivity contribution in [3.63, 3.8) is 0 Å². The van der Waals surface area contributed by atoms with Gasteiger partial charge in [-0.1, -0.05) is 12.1 Å². The molecule has 1 aromatic carbocycles. The van der Waals surface area contributed by atoms with E-state index >= 15 is 0 Å². The number of carbonyl (C=O) groups is 1. The molecule has 1 amide bonds. The van der Waals surface area contributed by atoms with Gasteiger partial charge in [0.2, 0.25) is 5.91 Å². The molecule has 6 nitrogen and oxygen atoms in total. The Balaban J connectivity index is 1.41. The van der Waals surface area contributed by atoms with Crippen molar-refractivity contribution in [2.45, 2.75) is 19.9 Å². The zero-order valence-electron chi connectivity index (χ0n) is 15.1. The second kappa shape index (κ2) is 8.16. The summed E-state index contributed by atoms with van der Waals surface area (Å²) in [7, 11) is 1.83. The van der Waals surface area contributed by atoms with E-state index < -0.39 is 0 Å². The topological polar surface area (TPSA) is 55.5 Å². The Morgan fingerprint density at radius 3 is 2.76 bits per heavy atom. The number of aromatic amines is 1. The molecule has 0 radical (unpaired) electrons. The summed E-state index contributed by atoms with van der Waals surface area (Å²) < 4.78 is 0. The molecular formula is C19H27N5O. The number of aromatic nitrogens is 2. The normalized spacial score (nSPS) is 15.4. The van der Waals surface area contributed by atoms with Gasteiger partial charge in [0.25, 0.3) is 0 Å². The second-order valence-corrected chi connectivity index (χ2v) is 6.70. The van der Waals surface area contributed by atoms with Gasteiger partial charge in [0.05, 0.1) is 6.54 Å². The molecule has 1 fully saturated rings. The fourth-order valence-electron chi connectivity index (χ4n) is 3.20. The Kier molecular flexibility index (Phi) is 5.71. The van der Waals surface area contributed by atoms with Gasteiger partial charge in [0.15, 0.2) is 0 Å². The van der Waals surface area contributed by atoms with Crippen LogP contribution in [0.4, 0.5) is 5.69 Å². The van der Waals surface area contributed by atoms with Gasteiger partial charge >= 0.3 is 0 Å². The third-order valence-electron chi connectivity index (χ3n) is 4.75. The van der Waals surface area contributed by atoms with Crippen molar-refractivity contribution in [1.29, 1.82) is 0 Å². The van der Waals surface area contributed by atoms with Crippen LogP contribution in [-0.4, -0.2) is 65.4 Å². The lowest BCUT2D eigenvalue weighted by Gasteiger charge is -2.36. The Morgan fingerprint density at radius 1 is 1.28 bits per heavy atom. The first kappa shape index (κ1) is 17.5. The highest BCUT2D eigenvalue weighted by atomic mass is 16.2. The van der Waals surface area contributed by atoms with Crippen molar-refractivity contribution in [2.75, 3.05) is 44.7 Å². The summed E-state index contributed by atoms with van der Waals surface area (Å²) in [5, 5.41) is 0. The molecular weight excluding hydrogens is 314 g/mol. The Hall–Kier alpha value is -2.34. The van der Waals surface area contributed by atoms with Crippen molar-refractivity contribution in [2.24, 2.45) is 0 Å². The minimum atomic E-state index is 0.164. The molecule has 1 N–H and O–H groups in total. The number of imidazole rings is 1. The summed E-state index contributed by atoms with van der Waals surface area (Å²) in [6.07, 6.45) is 4.05. The monoisotopic (exact) mass is 341 g/mol. The number of carbonyl (C=O) groups excluding carboxylic acids is 1. The maximum absolute atomic E-state index is 12.3. The van der Waals surface area contributed by atoms with Crippen molar-refractivity contribution in [3.05, 3.63) is 48.0 Å². The molecule has 0 aliphatic carbocycles. The van der Waals surface area contributed by atoms with Crippen molar-refractivity contribution < 1.29 is 4.79 Å². The average molecular weight is 341 g/mol. The van der Waals surface area contributed by atoms with E-state index in [1.165, 1.54) is 11.3 Å². The van der Waals surface area contributed by atoms with Crippen LogP contribution in [0.15, 0.2) is 36.7 Å². The largest absolute Gasteiger partial charge is 0.369 e. The van der Waals surface area contributed by atoms with Gasteiger partial charge in [0.1, 0.15) is 5.82 Å². The van der Waals surface area contributed by atoms with E-state index in [2.05, 4.69) is 51.0 Å². The molecule has 2 heterocycles. The number of amides is 1. The van der Waals surface area contributed by atoms with Gasteiger partial charge in [0, 0.05) is 64.3 Å². The van der Waals surface area contributed by atoms with Crippen molar-refractivity contribution >= 4 is 11.6 Å². The van der Waals surface area contributed by atoms with Gasteiger partial charge in [-0.15, -0.1) is 0 Å². The first-order valence-electron chi connectivity index (χ1n) is 8.88. The molecule has 0 atom stereocenters. The van der Waals surface area contributed by atoms with Gasteiger partial charge < -0.3 is 14.8 Å². The number of H-pyrrole nitrogens is 1. The predicted octanol–water partition coefficient (Wildman–Crippen LogP) is 1.89. The number of aryl methyl sites for hydroxylation is 1. The van der Waals surface area contributed by atoms with Gasteiger partial charge in [-0.2, -0.15) is 0 Å². The Morgan fingerprint density at radius 2 is 2.08 bits per heavy atom. The lowest BCUT2D eigenvalue weighted by atomic mass is 10.2. The molecule has 134 valence electrons. The molecule has 1 aromatic heterocycles. The van der Waals surface area contributed by atoms with Gasteiger partial charge in [-0.25, -0.2) is 4.98 Å². The maximum Gasteiger partial charge on any atom is 0.224 e. The summed E-state index contributed by atoms with van der Waals surface area (Å²) in [6.45, 7) is 7.52. The molecule has 1 saturated heterocycles. The third-order valence-corrected chi connectivity index (χ3v) is 4.75. The zero-order chi connectivity index (χ0) is 17.6. The van der Waals surface area contributed by atoms with E-state index in [0.29, 0.717) is 13.0 Å². The number of nitrogens with zero attached hydrogens (tertiary/aromatic N) is 4. The van der Waals surface area contributed by atoms with E-state index in [9.17, 15) is 4.79 Å². The number of anilines is 1. The molecule has 0 spiro atoms. The number of nitrogens with one attached hydrogen (secondary N) is 1. The van der Waals surface area contributed by atoms with Crippen molar-refractivity contribution in [1.82, 2.24) is 19.8 Å². The van der Waals surface area contributed by atoms with Crippen LogP contribution in [0.1, 0.15) is 17.8 Å². The van der Waals surface area contributed by atoms with E-state index in [0.717, 1.165) is 38.5 Å². The molecule has 0 bridgehead atoms. The highest BCUT2D eigenvalue weighted by Gasteiger charge is 2.19. The molecule has 0 unspecified atom stereocenters. The second-order valence-electron chi connectivity index (χ2n) is 6.70. The highest BCUT2D eigenvalue weighted by molar-refractivity contribution is 5.75. The number of piperazine rings is 1. The lowest BCUT2D eigenvalue weighted by Crippen LogP contribution is -2.47. The molecule has 25 heavy (non-hydrogen) atoms. The standard InChI is InChI=1S/C19H27N5O/c1-16-4-3-5-17(14-16)24-12-10-23(11-13-24)9-6-19(25)22(2)15-18-20-7-8-21-18/h3-5,7-8,14H,6,9-13,15H2,1-2H3,(H,20,21). The van der Waals surface area contributed by atoms with Crippen LogP contribution in [0.25, 0.3) is 0 Å². The summed E-state index contributed by atoms with van der Waals surface area (Å²) in [6, 6.07) is 8.66. The number of hydrogen-bond donors (Lipinski definition) is 1. The smallest absolute Gasteiger partial charge is 0.224 e. The van der Waals surface area contributed by atoms with E-state index in [4.69, 9.17) is 0 Å². The van der Waals surface area contributed by atoms with E-state index in [1.54, 1.807) is 17.3 Å². The van der Waals surface area contributed by atoms with Crippen LogP contribution in [0.5, 0.6) is 0 Å². The first-order chi connectivity index (χ1) is 12.1. The van der Waals surface area contributed by atoms with Crippen LogP contribution < -0.4 is 4.90 Å². The Bertz CT molecular complexity index is 677. The van der Waals surface area contributed by atoms with Crippen LogP contribution in [0.2, 0.25) is 0 Å². The Labute approximate surface area is 149 Å². The summed E-state index contributed by atoms with van der Waals surface area (Å²) in [5.74, 6) is 0.986. The number of rotatable bonds is 6. The van der Waals surface area contributed by atoms with Gasteiger partial charge in [-0.05, 0) is 24.6 Å². The van der Waals surface area contributed by atoms with E-state index in [-0.39, 0.29) is 5.91 Å². The lowest BCUT2D eigenvalue weighted by molar-refractivity contribution is -0.130.